The lowest BCUT2D eigenvalue weighted by atomic mass is 10.2. The summed E-state index contributed by atoms with van der Waals surface area (Å²) in [4.78, 5) is 4.54. The molecule has 0 atom stereocenters. The molecule has 0 amide bonds. The van der Waals surface area contributed by atoms with Crippen molar-refractivity contribution in [1.29, 1.82) is 0 Å². The summed E-state index contributed by atoms with van der Waals surface area (Å²) in [5.74, 6) is 0.789. The molecule has 0 saturated heterocycles. The SMILES string of the molecule is NS(=O)(=O)c1ccc(Cn2ccnc2-c2cc3n(n2)CCNC3)cc1. The lowest BCUT2D eigenvalue weighted by Crippen LogP contribution is -2.28. The van der Waals surface area contributed by atoms with Crippen molar-refractivity contribution in [1.82, 2.24) is 24.6 Å². The lowest BCUT2D eigenvalue weighted by Gasteiger charge is -2.13. The Balaban J connectivity index is 1.61. The van der Waals surface area contributed by atoms with Gasteiger partial charge in [0.25, 0.3) is 0 Å². The minimum Gasteiger partial charge on any atom is -0.325 e. The molecule has 0 spiro atoms. The molecule has 8 nitrogen and oxygen atoms in total. The van der Waals surface area contributed by atoms with Crippen molar-refractivity contribution in [2.45, 2.75) is 24.5 Å². The number of hydrogen-bond acceptors (Lipinski definition) is 5. The fourth-order valence-corrected chi connectivity index (χ4v) is 3.47. The maximum atomic E-state index is 11.3. The molecule has 1 aliphatic rings. The Hall–Kier alpha value is -2.49. The second kappa shape index (κ2) is 6.10. The summed E-state index contributed by atoms with van der Waals surface area (Å²) in [6.45, 7) is 3.15. The predicted molar refractivity (Wildman–Crippen MR) is 92.1 cm³/mol. The van der Waals surface area contributed by atoms with Gasteiger partial charge in [-0.15, -0.1) is 0 Å². The van der Waals surface area contributed by atoms with Crippen LogP contribution in [-0.2, 0) is 29.7 Å². The second-order valence-electron chi connectivity index (χ2n) is 5.99. The normalized spacial score (nSPS) is 14.4. The number of sulfonamides is 1. The van der Waals surface area contributed by atoms with E-state index in [1.54, 1.807) is 18.3 Å². The highest BCUT2D eigenvalue weighted by molar-refractivity contribution is 7.89. The summed E-state index contributed by atoms with van der Waals surface area (Å²) >= 11 is 0. The van der Waals surface area contributed by atoms with E-state index in [1.165, 1.54) is 12.1 Å². The van der Waals surface area contributed by atoms with E-state index >= 15 is 0 Å². The van der Waals surface area contributed by atoms with Crippen LogP contribution < -0.4 is 10.5 Å². The van der Waals surface area contributed by atoms with E-state index in [9.17, 15) is 8.42 Å². The van der Waals surface area contributed by atoms with E-state index in [0.29, 0.717) is 6.54 Å². The zero-order valence-corrected chi connectivity index (χ0v) is 14.3. The Kier molecular flexibility index (Phi) is 3.91. The van der Waals surface area contributed by atoms with Crippen LogP contribution in [0.2, 0.25) is 0 Å². The molecule has 0 saturated carbocycles. The number of benzene rings is 1. The Bertz CT molecular complexity index is 980. The monoisotopic (exact) mass is 358 g/mol. The number of imidazole rings is 1. The molecule has 25 heavy (non-hydrogen) atoms. The number of fused-ring (bicyclic) bond motifs is 1. The van der Waals surface area contributed by atoms with Gasteiger partial charge in [-0.2, -0.15) is 5.10 Å². The van der Waals surface area contributed by atoms with Gasteiger partial charge >= 0.3 is 0 Å². The molecular weight excluding hydrogens is 340 g/mol. The quantitative estimate of drug-likeness (QED) is 0.708. The van der Waals surface area contributed by atoms with Crippen LogP contribution >= 0.6 is 0 Å². The van der Waals surface area contributed by atoms with Gasteiger partial charge in [-0.3, -0.25) is 4.68 Å². The third-order valence-corrected chi connectivity index (χ3v) is 5.15. The third kappa shape index (κ3) is 3.21. The van der Waals surface area contributed by atoms with Crippen molar-refractivity contribution in [3.05, 3.63) is 54.0 Å². The standard InChI is InChI=1S/C16H18N6O2S/c17-25(23,24)14-3-1-12(2-4-14)11-21-7-6-19-16(21)15-9-13-10-18-5-8-22(13)20-15/h1-4,6-7,9,18H,5,8,10-11H2,(H2,17,23,24). The number of primary sulfonamides is 1. The van der Waals surface area contributed by atoms with E-state index in [-0.39, 0.29) is 4.90 Å². The molecule has 4 rings (SSSR count). The van der Waals surface area contributed by atoms with Crippen LogP contribution in [0.3, 0.4) is 0 Å². The van der Waals surface area contributed by atoms with Gasteiger partial charge in [0.2, 0.25) is 10.0 Å². The van der Waals surface area contributed by atoms with Crippen molar-refractivity contribution >= 4 is 10.0 Å². The van der Waals surface area contributed by atoms with Crippen molar-refractivity contribution < 1.29 is 8.42 Å². The van der Waals surface area contributed by atoms with Crippen LogP contribution in [0.15, 0.2) is 47.6 Å². The maximum absolute atomic E-state index is 11.3. The van der Waals surface area contributed by atoms with Crippen LogP contribution in [0.1, 0.15) is 11.3 Å². The van der Waals surface area contributed by atoms with Gasteiger partial charge < -0.3 is 9.88 Å². The molecule has 9 heteroatoms. The fourth-order valence-electron chi connectivity index (χ4n) is 2.95. The largest absolute Gasteiger partial charge is 0.325 e. The molecule has 1 aromatic carbocycles. The van der Waals surface area contributed by atoms with Gasteiger partial charge in [0.05, 0.1) is 17.1 Å². The topological polar surface area (TPSA) is 108 Å². The second-order valence-corrected chi connectivity index (χ2v) is 7.55. The Morgan fingerprint density at radius 1 is 1.24 bits per heavy atom. The summed E-state index contributed by atoms with van der Waals surface area (Å²) in [5.41, 5.74) is 2.94. The average Bonchev–Trinajstić information content (AvgIpc) is 3.20. The van der Waals surface area contributed by atoms with E-state index < -0.39 is 10.0 Å². The molecule has 3 aromatic rings. The first-order chi connectivity index (χ1) is 12.0. The van der Waals surface area contributed by atoms with E-state index in [4.69, 9.17) is 5.14 Å². The fraction of sp³-hybridized carbons (Fsp3) is 0.250. The molecular formula is C16H18N6O2S. The minimum absolute atomic E-state index is 0.108. The number of nitrogens with two attached hydrogens (primary N) is 1. The summed E-state index contributed by atoms with van der Waals surface area (Å²) in [6.07, 6.45) is 3.63. The molecule has 2 aromatic heterocycles. The Morgan fingerprint density at radius 2 is 2.04 bits per heavy atom. The van der Waals surface area contributed by atoms with Crippen LogP contribution in [0.5, 0.6) is 0 Å². The molecule has 0 bridgehead atoms. The summed E-state index contributed by atoms with van der Waals surface area (Å²) in [7, 11) is -3.67. The van der Waals surface area contributed by atoms with Gasteiger partial charge in [0.1, 0.15) is 5.69 Å². The van der Waals surface area contributed by atoms with Crippen molar-refractivity contribution in [3.8, 4) is 11.5 Å². The number of nitrogens with zero attached hydrogens (tertiary/aromatic N) is 4. The van der Waals surface area contributed by atoms with Gasteiger partial charge in [-0.1, -0.05) is 12.1 Å². The van der Waals surface area contributed by atoms with E-state index in [1.807, 2.05) is 15.4 Å². The zero-order chi connectivity index (χ0) is 17.4. The van der Waals surface area contributed by atoms with Gasteiger partial charge in [-0.05, 0) is 23.8 Å². The zero-order valence-electron chi connectivity index (χ0n) is 13.5. The smallest absolute Gasteiger partial charge is 0.238 e. The predicted octanol–water partition coefficient (Wildman–Crippen LogP) is 0.545. The van der Waals surface area contributed by atoms with Crippen molar-refractivity contribution in [3.63, 3.8) is 0 Å². The summed E-state index contributed by atoms with van der Waals surface area (Å²) in [5, 5.41) is 13.1. The number of nitrogens with one attached hydrogen (secondary N) is 1. The highest BCUT2D eigenvalue weighted by Gasteiger charge is 2.16. The molecule has 0 aliphatic carbocycles. The van der Waals surface area contributed by atoms with Crippen molar-refractivity contribution in [2.24, 2.45) is 5.14 Å². The summed E-state index contributed by atoms with van der Waals surface area (Å²) in [6, 6.07) is 8.59. The average molecular weight is 358 g/mol. The first-order valence-electron chi connectivity index (χ1n) is 7.91. The van der Waals surface area contributed by atoms with Gasteiger partial charge in [0, 0.05) is 32.0 Å². The third-order valence-electron chi connectivity index (χ3n) is 4.22. The molecule has 3 heterocycles. The molecule has 0 radical (unpaired) electrons. The Morgan fingerprint density at radius 3 is 2.76 bits per heavy atom. The highest BCUT2D eigenvalue weighted by atomic mass is 32.2. The molecule has 1 aliphatic heterocycles. The minimum atomic E-state index is -3.67. The van der Waals surface area contributed by atoms with E-state index in [2.05, 4.69) is 21.5 Å². The van der Waals surface area contributed by atoms with Crippen molar-refractivity contribution in [2.75, 3.05) is 6.54 Å². The first-order valence-corrected chi connectivity index (χ1v) is 9.46. The van der Waals surface area contributed by atoms with E-state index in [0.717, 1.165) is 42.4 Å². The maximum Gasteiger partial charge on any atom is 0.238 e. The highest BCUT2D eigenvalue weighted by Crippen LogP contribution is 2.20. The molecule has 0 fully saturated rings. The Labute approximate surface area is 145 Å². The van der Waals surface area contributed by atoms with Crippen LogP contribution in [0.25, 0.3) is 11.5 Å². The van der Waals surface area contributed by atoms with Crippen LogP contribution in [0, 0.1) is 0 Å². The summed E-state index contributed by atoms with van der Waals surface area (Å²) < 4.78 is 26.7. The van der Waals surface area contributed by atoms with Gasteiger partial charge in [0.15, 0.2) is 5.82 Å². The number of rotatable bonds is 4. The molecule has 130 valence electrons. The van der Waals surface area contributed by atoms with Gasteiger partial charge in [-0.25, -0.2) is 18.5 Å². The number of aromatic nitrogens is 4. The lowest BCUT2D eigenvalue weighted by molar-refractivity contribution is 0.476. The first kappa shape index (κ1) is 16.0. The molecule has 0 unspecified atom stereocenters. The van der Waals surface area contributed by atoms with Crippen LogP contribution in [0.4, 0.5) is 0 Å². The number of hydrogen-bond donors (Lipinski definition) is 2. The van der Waals surface area contributed by atoms with Crippen LogP contribution in [-0.4, -0.2) is 34.3 Å². The molecule has 3 N–H and O–H groups in total.